The van der Waals surface area contributed by atoms with Crippen LogP contribution in [0.4, 0.5) is 0 Å². The second kappa shape index (κ2) is 6.42. The molecule has 0 aromatic carbocycles. The SMILES string of the molecule is CCc1nnc2n1CC(NC(=O)Cn1ccc(=O)n(C)c1=O)CC2. The largest absolute Gasteiger partial charge is 0.350 e. The first kappa shape index (κ1) is 16.2. The highest BCUT2D eigenvalue weighted by Gasteiger charge is 2.23. The Morgan fingerprint density at radius 1 is 1.38 bits per heavy atom. The molecule has 2 aromatic heterocycles. The molecule has 24 heavy (non-hydrogen) atoms. The molecule has 128 valence electrons. The number of fused-ring (bicyclic) bond motifs is 1. The molecule has 0 bridgehead atoms. The summed E-state index contributed by atoms with van der Waals surface area (Å²) < 4.78 is 4.25. The molecule has 3 rings (SSSR count). The van der Waals surface area contributed by atoms with Crippen molar-refractivity contribution in [2.75, 3.05) is 0 Å². The third-order valence-electron chi connectivity index (χ3n) is 4.28. The van der Waals surface area contributed by atoms with E-state index in [0.29, 0.717) is 6.54 Å². The van der Waals surface area contributed by atoms with Gasteiger partial charge in [0.1, 0.15) is 18.2 Å². The van der Waals surface area contributed by atoms with E-state index in [4.69, 9.17) is 0 Å². The van der Waals surface area contributed by atoms with Crippen LogP contribution in [0, 0.1) is 0 Å². The van der Waals surface area contributed by atoms with Crippen molar-refractivity contribution in [3.63, 3.8) is 0 Å². The smallest absolute Gasteiger partial charge is 0.331 e. The molecule has 9 heteroatoms. The molecular formula is C15H20N6O3. The molecular weight excluding hydrogens is 312 g/mol. The van der Waals surface area contributed by atoms with E-state index in [-0.39, 0.29) is 18.5 Å². The van der Waals surface area contributed by atoms with Crippen LogP contribution in [0.3, 0.4) is 0 Å². The highest BCUT2D eigenvalue weighted by Crippen LogP contribution is 2.15. The normalized spacial score (nSPS) is 16.7. The number of carbonyl (C=O) groups excluding carboxylic acids is 1. The third-order valence-corrected chi connectivity index (χ3v) is 4.28. The van der Waals surface area contributed by atoms with Crippen LogP contribution in [0.15, 0.2) is 21.9 Å². The zero-order chi connectivity index (χ0) is 17.3. The Hall–Kier alpha value is -2.71. The summed E-state index contributed by atoms with van der Waals surface area (Å²) in [6, 6.07) is 1.25. The van der Waals surface area contributed by atoms with Crippen molar-refractivity contribution >= 4 is 5.91 Å². The van der Waals surface area contributed by atoms with E-state index in [1.54, 1.807) is 0 Å². The molecule has 1 N–H and O–H groups in total. The van der Waals surface area contributed by atoms with E-state index >= 15 is 0 Å². The Bertz CT molecular complexity index is 865. The summed E-state index contributed by atoms with van der Waals surface area (Å²) in [5.41, 5.74) is -0.896. The number of hydrogen-bond acceptors (Lipinski definition) is 5. The third kappa shape index (κ3) is 3.01. The molecule has 0 saturated heterocycles. The summed E-state index contributed by atoms with van der Waals surface area (Å²) in [5, 5.41) is 11.3. The van der Waals surface area contributed by atoms with Gasteiger partial charge in [0.25, 0.3) is 5.56 Å². The van der Waals surface area contributed by atoms with Gasteiger partial charge in [-0.15, -0.1) is 10.2 Å². The number of carbonyl (C=O) groups is 1. The van der Waals surface area contributed by atoms with Gasteiger partial charge in [-0.1, -0.05) is 6.92 Å². The summed E-state index contributed by atoms with van der Waals surface area (Å²) in [6.45, 7) is 2.55. The number of aromatic nitrogens is 5. The monoisotopic (exact) mass is 332 g/mol. The van der Waals surface area contributed by atoms with Crippen molar-refractivity contribution in [3.05, 3.63) is 44.8 Å². The van der Waals surface area contributed by atoms with Crippen molar-refractivity contribution in [2.24, 2.45) is 7.05 Å². The molecule has 0 fully saturated rings. The van der Waals surface area contributed by atoms with Gasteiger partial charge < -0.3 is 9.88 Å². The number of rotatable bonds is 4. The maximum absolute atomic E-state index is 12.2. The molecule has 1 unspecified atom stereocenters. The fourth-order valence-electron chi connectivity index (χ4n) is 2.93. The minimum Gasteiger partial charge on any atom is -0.350 e. The van der Waals surface area contributed by atoms with Gasteiger partial charge in [0.05, 0.1) is 0 Å². The molecule has 0 spiro atoms. The number of amides is 1. The lowest BCUT2D eigenvalue weighted by Gasteiger charge is -2.25. The first-order valence-electron chi connectivity index (χ1n) is 7.96. The van der Waals surface area contributed by atoms with Gasteiger partial charge in [0.15, 0.2) is 0 Å². The predicted octanol–water partition coefficient (Wildman–Crippen LogP) is -1.17. The standard InChI is InChI=1S/C15H20N6O3/c1-3-11-17-18-12-5-4-10(8-21(11)12)16-13(22)9-20-7-6-14(23)19(2)15(20)24/h6-7,10H,3-5,8-9H2,1-2H3,(H,16,22). The van der Waals surface area contributed by atoms with E-state index in [0.717, 1.165) is 35.5 Å². The van der Waals surface area contributed by atoms with Gasteiger partial charge in [-0.25, -0.2) is 4.79 Å². The Kier molecular flexibility index (Phi) is 4.32. The van der Waals surface area contributed by atoms with Crippen LogP contribution in [0.2, 0.25) is 0 Å². The Labute approximate surface area is 137 Å². The van der Waals surface area contributed by atoms with Gasteiger partial charge in [-0.3, -0.25) is 18.7 Å². The fourth-order valence-corrected chi connectivity index (χ4v) is 2.93. The number of nitrogens with one attached hydrogen (secondary N) is 1. The number of hydrogen-bond donors (Lipinski definition) is 1. The van der Waals surface area contributed by atoms with Crippen LogP contribution < -0.4 is 16.6 Å². The highest BCUT2D eigenvalue weighted by atomic mass is 16.2. The average Bonchev–Trinajstić information content (AvgIpc) is 2.97. The fraction of sp³-hybridized carbons (Fsp3) is 0.533. The van der Waals surface area contributed by atoms with Crippen molar-refractivity contribution < 1.29 is 4.79 Å². The topological polar surface area (TPSA) is 104 Å². The molecule has 3 heterocycles. The van der Waals surface area contributed by atoms with E-state index in [9.17, 15) is 14.4 Å². The van der Waals surface area contributed by atoms with Gasteiger partial charge in [-0.05, 0) is 6.42 Å². The van der Waals surface area contributed by atoms with E-state index < -0.39 is 11.2 Å². The van der Waals surface area contributed by atoms with Crippen LogP contribution in [-0.4, -0.2) is 35.8 Å². The Morgan fingerprint density at radius 3 is 2.92 bits per heavy atom. The predicted molar refractivity (Wildman–Crippen MR) is 85.6 cm³/mol. The molecule has 1 amide bonds. The van der Waals surface area contributed by atoms with Gasteiger partial charge in [0, 0.05) is 44.7 Å². The van der Waals surface area contributed by atoms with Gasteiger partial charge >= 0.3 is 5.69 Å². The van der Waals surface area contributed by atoms with E-state index in [1.807, 2.05) is 11.5 Å². The zero-order valence-corrected chi connectivity index (χ0v) is 13.7. The number of nitrogens with zero attached hydrogens (tertiary/aromatic N) is 5. The first-order chi connectivity index (χ1) is 11.5. The van der Waals surface area contributed by atoms with E-state index in [2.05, 4.69) is 15.5 Å². The van der Waals surface area contributed by atoms with E-state index in [1.165, 1.54) is 23.9 Å². The summed E-state index contributed by atoms with van der Waals surface area (Å²) in [5.74, 6) is 1.61. The molecule has 0 aliphatic carbocycles. The maximum Gasteiger partial charge on any atom is 0.331 e. The first-order valence-corrected chi connectivity index (χ1v) is 7.96. The molecule has 1 aliphatic rings. The van der Waals surface area contributed by atoms with Crippen molar-refractivity contribution in [2.45, 2.75) is 45.3 Å². The number of aryl methyl sites for hydroxylation is 2. The maximum atomic E-state index is 12.2. The highest BCUT2D eigenvalue weighted by molar-refractivity contribution is 5.76. The summed E-state index contributed by atoms with van der Waals surface area (Å²) >= 11 is 0. The Balaban J connectivity index is 1.67. The van der Waals surface area contributed by atoms with Crippen LogP contribution in [0.5, 0.6) is 0 Å². The lowest BCUT2D eigenvalue weighted by atomic mass is 10.1. The van der Waals surface area contributed by atoms with Crippen molar-refractivity contribution in [1.82, 2.24) is 29.2 Å². The van der Waals surface area contributed by atoms with Gasteiger partial charge in [-0.2, -0.15) is 0 Å². The lowest BCUT2D eigenvalue weighted by Crippen LogP contribution is -2.45. The van der Waals surface area contributed by atoms with Crippen LogP contribution in [-0.2, 0) is 37.8 Å². The Morgan fingerprint density at radius 2 is 2.17 bits per heavy atom. The summed E-state index contributed by atoms with van der Waals surface area (Å²) in [4.78, 5) is 35.6. The minimum absolute atomic E-state index is 0.0190. The summed E-state index contributed by atoms with van der Waals surface area (Å²) in [6.07, 6.45) is 3.69. The second-order valence-corrected chi connectivity index (χ2v) is 5.92. The second-order valence-electron chi connectivity index (χ2n) is 5.92. The quantitative estimate of drug-likeness (QED) is 0.760. The minimum atomic E-state index is -0.504. The summed E-state index contributed by atoms with van der Waals surface area (Å²) in [7, 11) is 1.39. The lowest BCUT2D eigenvalue weighted by molar-refractivity contribution is -0.122. The zero-order valence-electron chi connectivity index (χ0n) is 13.7. The van der Waals surface area contributed by atoms with Crippen molar-refractivity contribution in [1.29, 1.82) is 0 Å². The molecule has 1 atom stereocenters. The van der Waals surface area contributed by atoms with Crippen LogP contribution >= 0.6 is 0 Å². The molecule has 0 radical (unpaired) electrons. The van der Waals surface area contributed by atoms with Crippen LogP contribution in [0.25, 0.3) is 0 Å². The molecule has 9 nitrogen and oxygen atoms in total. The van der Waals surface area contributed by atoms with Gasteiger partial charge in [0.2, 0.25) is 5.91 Å². The molecule has 0 saturated carbocycles. The molecule has 2 aromatic rings. The van der Waals surface area contributed by atoms with Crippen LogP contribution in [0.1, 0.15) is 25.0 Å². The average molecular weight is 332 g/mol. The molecule has 1 aliphatic heterocycles. The van der Waals surface area contributed by atoms with Crippen molar-refractivity contribution in [3.8, 4) is 0 Å².